The lowest BCUT2D eigenvalue weighted by molar-refractivity contribution is 0.135. The number of nitrogens with two attached hydrogens (primary N) is 1. The second kappa shape index (κ2) is 6.74. The zero-order chi connectivity index (χ0) is 12.8. The Morgan fingerprint density at radius 3 is 2.65 bits per heavy atom. The number of hydrogen-bond acceptors (Lipinski definition) is 3. The van der Waals surface area contributed by atoms with Gasteiger partial charge in [-0.25, -0.2) is 0 Å². The third-order valence-corrected chi connectivity index (χ3v) is 2.75. The van der Waals surface area contributed by atoms with Crippen LogP contribution in [0.25, 0.3) is 0 Å². The molecule has 0 aliphatic carbocycles. The maximum Gasteiger partial charge on any atom is 0.0941 e. The zero-order valence-electron chi connectivity index (χ0n) is 10.9. The van der Waals surface area contributed by atoms with Crippen LogP contribution in [0.4, 0.5) is 0 Å². The Hall–Kier alpha value is -0.900. The van der Waals surface area contributed by atoms with E-state index in [1.165, 1.54) is 0 Å². The Morgan fingerprint density at radius 2 is 2.06 bits per heavy atom. The molecular weight excluding hydrogens is 214 g/mol. The Kier molecular flexibility index (Phi) is 5.62. The van der Waals surface area contributed by atoms with Gasteiger partial charge in [0.15, 0.2) is 0 Å². The van der Waals surface area contributed by atoms with E-state index in [2.05, 4.69) is 13.8 Å². The number of aliphatic hydroxyl groups excluding tert-OH is 1. The summed E-state index contributed by atoms with van der Waals surface area (Å²) in [4.78, 5) is 0. The monoisotopic (exact) mass is 237 g/mol. The highest BCUT2D eigenvalue weighted by molar-refractivity contribution is 5.25. The van der Waals surface area contributed by atoms with E-state index in [1.54, 1.807) is 7.11 Å². The fourth-order valence-corrected chi connectivity index (χ4v) is 1.95. The van der Waals surface area contributed by atoms with Crippen molar-refractivity contribution in [1.29, 1.82) is 0 Å². The van der Waals surface area contributed by atoms with E-state index in [9.17, 15) is 5.11 Å². The second-order valence-corrected chi connectivity index (χ2v) is 4.92. The lowest BCUT2D eigenvalue weighted by atomic mass is 9.94. The van der Waals surface area contributed by atoms with Gasteiger partial charge in [-0.15, -0.1) is 0 Å². The summed E-state index contributed by atoms with van der Waals surface area (Å²) in [5.74, 6) is 0.488. The Bertz CT molecular complexity index is 339. The lowest BCUT2D eigenvalue weighted by Gasteiger charge is -2.21. The average Bonchev–Trinajstić information content (AvgIpc) is 2.28. The number of rotatable bonds is 6. The van der Waals surface area contributed by atoms with E-state index in [0.29, 0.717) is 12.5 Å². The quantitative estimate of drug-likeness (QED) is 0.797. The van der Waals surface area contributed by atoms with Crippen LogP contribution in [-0.4, -0.2) is 18.3 Å². The van der Waals surface area contributed by atoms with Crippen LogP contribution in [0.2, 0.25) is 0 Å². The first-order valence-corrected chi connectivity index (χ1v) is 6.06. The highest BCUT2D eigenvalue weighted by Crippen LogP contribution is 2.21. The van der Waals surface area contributed by atoms with E-state index in [1.807, 2.05) is 24.3 Å². The summed E-state index contributed by atoms with van der Waals surface area (Å²) in [6, 6.07) is 7.55. The molecule has 0 amide bonds. The SMILES string of the molecule is COCc1cccc(C(O)C(N)CC(C)C)c1. The molecule has 1 aromatic rings. The first kappa shape index (κ1) is 14.2. The van der Waals surface area contributed by atoms with Gasteiger partial charge in [0, 0.05) is 13.2 Å². The molecule has 3 heteroatoms. The number of methoxy groups -OCH3 is 1. The van der Waals surface area contributed by atoms with Crippen molar-refractivity contribution in [2.45, 2.75) is 39.0 Å². The molecule has 0 aromatic heterocycles. The molecule has 0 saturated heterocycles. The normalized spacial score (nSPS) is 14.9. The number of aliphatic hydroxyl groups is 1. The molecule has 1 rings (SSSR count). The largest absolute Gasteiger partial charge is 0.387 e. The highest BCUT2D eigenvalue weighted by Gasteiger charge is 2.18. The first-order valence-electron chi connectivity index (χ1n) is 6.06. The molecule has 3 N–H and O–H groups in total. The smallest absolute Gasteiger partial charge is 0.0941 e. The van der Waals surface area contributed by atoms with Crippen LogP contribution >= 0.6 is 0 Å². The Labute approximate surface area is 104 Å². The molecule has 0 bridgehead atoms. The van der Waals surface area contributed by atoms with Gasteiger partial charge in [0.25, 0.3) is 0 Å². The van der Waals surface area contributed by atoms with Crippen LogP contribution in [0.15, 0.2) is 24.3 Å². The fourth-order valence-electron chi connectivity index (χ4n) is 1.95. The van der Waals surface area contributed by atoms with E-state index < -0.39 is 6.10 Å². The summed E-state index contributed by atoms with van der Waals surface area (Å²) in [6.45, 7) is 4.77. The average molecular weight is 237 g/mol. The van der Waals surface area contributed by atoms with Crippen LogP contribution in [0.3, 0.4) is 0 Å². The predicted molar refractivity (Wildman–Crippen MR) is 69.5 cm³/mol. The number of hydrogen-bond donors (Lipinski definition) is 2. The highest BCUT2D eigenvalue weighted by atomic mass is 16.5. The first-order chi connectivity index (χ1) is 8.04. The van der Waals surface area contributed by atoms with Crippen molar-refractivity contribution in [1.82, 2.24) is 0 Å². The van der Waals surface area contributed by atoms with Crippen molar-refractivity contribution >= 4 is 0 Å². The molecule has 3 nitrogen and oxygen atoms in total. The molecule has 0 aliphatic rings. The minimum absolute atomic E-state index is 0.215. The molecule has 0 saturated carbocycles. The fraction of sp³-hybridized carbons (Fsp3) is 0.571. The van der Waals surface area contributed by atoms with Gasteiger partial charge in [-0.2, -0.15) is 0 Å². The zero-order valence-corrected chi connectivity index (χ0v) is 10.9. The van der Waals surface area contributed by atoms with Crippen LogP contribution in [0.1, 0.15) is 37.5 Å². The summed E-state index contributed by atoms with van der Waals surface area (Å²) in [5, 5.41) is 10.2. The molecule has 17 heavy (non-hydrogen) atoms. The molecule has 0 spiro atoms. The minimum atomic E-state index is -0.603. The third kappa shape index (κ3) is 4.46. The maximum absolute atomic E-state index is 10.2. The summed E-state index contributed by atoms with van der Waals surface area (Å²) < 4.78 is 5.07. The Morgan fingerprint density at radius 1 is 1.35 bits per heavy atom. The lowest BCUT2D eigenvalue weighted by Crippen LogP contribution is -2.29. The number of benzene rings is 1. The minimum Gasteiger partial charge on any atom is -0.387 e. The molecule has 0 heterocycles. The van der Waals surface area contributed by atoms with Gasteiger partial charge in [0.1, 0.15) is 0 Å². The molecule has 0 aliphatic heterocycles. The van der Waals surface area contributed by atoms with Crippen molar-refractivity contribution in [3.8, 4) is 0 Å². The summed E-state index contributed by atoms with van der Waals surface area (Å²) in [7, 11) is 1.66. The van der Waals surface area contributed by atoms with Crippen molar-refractivity contribution in [2.24, 2.45) is 11.7 Å². The molecule has 1 aromatic carbocycles. The van der Waals surface area contributed by atoms with E-state index in [-0.39, 0.29) is 6.04 Å². The van der Waals surface area contributed by atoms with E-state index >= 15 is 0 Å². The van der Waals surface area contributed by atoms with Crippen molar-refractivity contribution in [2.75, 3.05) is 7.11 Å². The van der Waals surface area contributed by atoms with Gasteiger partial charge >= 0.3 is 0 Å². The Balaban J connectivity index is 2.73. The maximum atomic E-state index is 10.2. The van der Waals surface area contributed by atoms with Gasteiger partial charge in [-0.05, 0) is 23.5 Å². The second-order valence-electron chi connectivity index (χ2n) is 4.92. The molecular formula is C14H23NO2. The third-order valence-electron chi connectivity index (χ3n) is 2.75. The topological polar surface area (TPSA) is 55.5 Å². The molecule has 96 valence electrons. The van der Waals surface area contributed by atoms with Crippen molar-refractivity contribution < 1.29 is 9.84 Å². The predicted octanol–water partition coefficient (Wildman–Crippen LogP) is 2.24. The van der Waals surface area contributed by atoms with E-state index in [4.69, 9.17) is 10.5 Å². The molecule has 2 unspecified atom stereocenters. The standard InChI is InChI=1S/C14H23NO2/c1-10(2)7-13(15)14(16)12-6-4-5-11(8-12)9-17-3/h4-6,8,10,13-14,16H,7,9,15H2,1-3H3. The van der Waals surface area contributed by atoms with Gasteiger partial charge in [0.2, 0.25) is 0 Å². The summed E-state index contributed by atoms with van der Waals surface area (Å²) >= 11 is 0. The van der Waals surface area contributed by atoms with Crippen LogP contribution in [-0.2, 0) is 11.3 Å². The molecule has 0 fully saturated rings. The molecule has 0 radical (unpaired) electrons. The van der Waals surface area contributed by atoms with E-state index in [0.717, 1.165) is 17.5 Å². The van der Waals surface area contributed by atoms with Crippen molar-refractivity contribution in [3.05, 3.63) is 35.4 Å². The van der Waals surface area contributed by atoms with Crippen LogP contribution in [0.5, 0.6) is 0 Å². The van der Waals surface area contributed by atoms with Gasteiger partial charge in [0.05, 0.1) is 12.7 Å². The van der Waals surface area contributed by atoms with Crippen LogP contribution in [0, 0.1) is 5.92 Å². The van der Waals surface area contributed by atoms with Crippen LogP contribution < -0.4 is 5.73 Å². The van der Waals surface area contributed by atoms with Gasteiger partial charge in [-0.1, -0.05) is 38.1 Å². The molecule has 2 atom stereocenters. The summed E-state index contributed by atoms with van der Waals surface area (Å²) in [6.07, 6.45) is 0.213. The van der Waals surface area contributed by atoms with Crippen molar-refractivity contribution in [3.63, 3.8) is 0 Å². The van der Waals surface area contributed by atoms with Gasteiger partial charge in [-0.3, -0.25) is 0 Å². The van der Waals surface area contributed by atoms with Gasteiger partial charge < -0.3 is 15.6 Å². The number of ether oxygens (including phenoxy) is 1. The summed E-state index contributed by atoms with van der Waals surface area (Å²) in [5.41, 5.74) is 7.92.